The summed E-state index contributed by atoms with van der Waals surface area (Å²) in [4.78, 5) is 0. The fraction of sp³-hybridized carbons (Fsp3) is 0.333. The van der Waals surface area contributed by atoms with Gasteiger partial charge in [0.2, 0.25) is 0 Å². The zero-order valence-electron chi connectivity index (χ0n) is 21.0. The molecule has 0 aliphatic rings. The normalized spacial score (nSPS) is 12.8. The molecule has 0 radical (unpaired) electrons. The van der Waals surface area contributed by atoms with Crippen molar-refractivity contribution in [3.05, 3.63) is 103 Å². The summed E-state index contributed by atoms with van der Waals surface area (Å²) < 4.78 is 18.6. The summed E-state index contributed by atoms with van der Waals surface area (Å²) in [6, 6.07) is 29.6. The Kier molecular flexibility index (Phi) is 9.28. The van der Waals surface area contributed by atoms with E-state index < -0.39 is 8.32 Å². The van der Waals surface area contributed by atoms with Crippen LogP contribution >= 0.6 is 0 Å². The van der Waals surface area contributed by atoms with E-state index in [1.165, 1.54) is 10.4 Å². The maximum Gasteiger partial charge on any atom is 0.261 e. The van der Waals surface area contributed by atoms with Crippen molar-refractivity contribution in [2.45, 2.75) is 51.4 Å². The van der Waals surface area contributed by atoms with Gasteiger partial charge in [0.15, 0.2) is 0 Å². The third-order valence-corrected chi connectivity index (χ3v) is 11.3. The van der Waals surface area contributed by atoms with Gasteiger partial charge in [-0.25, -0.2) is 0 Å². The van der Waals surface area contributed by atoms with Gasteiger partial charge in [-0.15, -0.1) is 6.58 Å². The van der Waals surface area contributed by atoms with Crippen LogP contribution in [0.15, 0.2) is 97.6 Å². The molecule has 0 aliphatic carbocycles. The molecule has 34 heavy (non-hydrogen) atoms. The highest BCUT2D eigenvalue weighted by molar-refractivity contribution is 6.99. The van der Waals surface area contributed by atoms with Crippen molar-refractivity contribution in [2.24, 2.45) is 0 Å². The molecule has 0 spiro atoms. The largest absolute Gasteiger partial charge is 0.497 e. The molecule has 180 valence electrons. The number of benzene rings is 3. The van der Waals surface area contributed by atoms with E-state index in [0.29, 0.717) is 13.2 Å². The van der Waals surface area contributed by atoms with Gasteiger partial charge in [0.1, 0.15) is 5.75 Å². The second-order valence-corrected chi connectivity index (χ2v) is 13.9. The van der Waals surface area contributed by atoms with Gasteiger partial charge in [0.25, 0.3) is 8.32 Å². The van der Waals surface area contributed by atoms with Crippen LogP contribution in [0.4, 0.5) is 0 Å². The van der Waals surface area contributed by atoms with Crippen molar-refractivity contribution >= 4 is 18.7 Å². The molecule has 0 amide bonds. The van der Waals surface area contributed by atoms with Crippen LogP contribution in [0.1, 0.15) is 39.2 Å². The first-order valence-electron chi connectivity index (χ1n) is 12.0. The maximum absolute atomic E-state index is 7.03. The third kappa shape index (κ3) is 6.26. The van der Waals surface area contributed by atoms with Gasteiger partial charge in [-0.05, 0) is 45.9 Å². The molecular formula is C30H38O3Si. The lowest BCUT2D eigenvalue weighted by molar-refractivity contribution is 0.0276. The van der Waals surface area contributed by atoms with Crippen molar-refractivity contribution in [2.75, 3.05) is 13.7 Å². The Bertz CT molecular complexity index is 955. The van der Waals surface area contributed by atoms with Gasteiger partial charge < -0.3 is 13.9 Å². The Morgan fingerprint density at radius 2 is 1.41 bits per heavy atom. The Hall–Kier alpha value is -2.66. The summed E-state index contributed by atoms with van der Waals surface area (Å²) in [5, 5.41) is 2.56. The first kappa shape index (κ1) is 26.0. The highest BCUT2D eigenvalue weighted by Crippen LogP contribution is 2.37. The zero-order valence-corrected chi connectivity index (χ0v) is 22.0. The van der Waals surface area contributed by atoms with Gasteiger partial charge in [-0.3, -0.25) is 0 Å². The Balaban J connectivity index is 1.77. The lowest BCUT2D eigenvalue weighted by atomic mass is 10.2. The maximum atomic E-state index is 7.03. The van der Waals surface area contributed by atoms with Gasteiger partial charge in [-0.2, -0.15) is 0 Å². The van der Waals surface area contributed by atoms with Gasteiger partial charge in [-0.1, -0.05) is 99.6 Å². The average Bonchev–Trinajstić information content (AvgIpc) is 2.85. The molecule has 0 heterocycles. The van der Waals surface area contributed by atoms with E-state index in [4.69, 9.17) is 13.9 Å². The smallest absolute Gasteiger partial charge is 0.261 e. The summed E-state index contributed by atoms with van der Waals surface area (Å²) in [7, 11) is -0.854. The Labute approximate surface area is 206 Å². The number of hydrogen-bond donors (Lipinski definition) is 0. The minimum absolute atomic E-state index is 0.0341. The van der Waals surface area contributed by atoms with Crippen molar-refractivity contribution in [1.82, 2.24) is 0 Å². The molecule has 0 saturated carbocycles. The van der Waals surface area contributed by atoms with Crippen LogP contribution in [0.2, 0.25) is 5.04 Å². The fourth-order valence-corrected chi connectivity index (χ4v) is 9.08. The minimum atomic E-state index is -2.53. The van der Waals surface area contributed by atoms with E-state index in [-0.39, 0.29) is 11.1 Å². The summed E-state index contributed by atoms with van der Waals surface area (Å²) in [6.07, 6.45) is 3.59. The molecule has 0 saturated heterocycles. The van der Waals surface area contributed by atoms with Crippen LogP contribution in [0, 0.1) is 0 Å². The molecule has 0 fully saturated rings. The predicted octanol–water partition coefficient (Wildman–Crippen LogP) is 6.12. The van der Waals surface area contributed by atoms with Crippen molar-refractivity contribution in [1.29, 1.82) is 0 Å². The molecule has 4 heteroatoms. The Morgan fingerprint density at radius 1 is 0.853 bits per heavy atom. The predicted molar refractivity (Wildman–Crippen MR) is 145 cm³/mol. The molecule has 0 aliphatic heterocycles. The van der Waals surface area contributed by atoms with Crippen molar-refractivity contribution in [3.63, 3.8) is 0 Å². The third-order valence-electron chi connectivity index (χ3n) is 6.25. The van der Waals surface area contributed by atoms with Crippen molar-refractivity contribution in [3.8, 4) is 5.75 Å². The lowest BCUT2D eigenvalue weighted by Crippen LogP contribution is -2.66. The number of rotatable bonds is 12. The lowest BCUT2D eigenvalue weighted by Gasteiger charge is -2.43. The topological polar surface area (TPSA) is 27.7 Å². The summed E-state index contributed by atoms with van der Waals surface area (Å²) in [5.74, 6) is 0.852. The fourth-order valence-electron chi connectivity index (χ4n) is 4.50. The van der Waals surface area contributed by atoms with E-state index in [0.717, 1.165) is 24.2 Å². The van der Waals surface area contributed by atoms with E-state index in [1.807, 2.05) is 30.3 Å². The van der Waals surface area contributed by atoms with E-state index in [9.17, 15) is 0 Å². The van der Waals surface area contributed by atoms with Crippen molar-refractivity contribution < 1.29 is 13.9 Å². The molecule has 1 atom stereocenters. The molecule has 3 aromatic rings. The van der Waals surface area contributed by atoms with Crippen LogP contribution in [0.5, 0.6) is 5.75 Å². The number of hydrogen-bond acceptors (Lipinski definition) is 3. The molecule has 3 nitrogen and oxygen atoms in total. The highest BCUT2D eigenvalue weighted by atomic mass is 28.4. The molecule has 3 rings (SSSR count). The van der Waals surface area contributed by atoms with Gasteiger partial charge in [0.05, 0.1) is 19.8 Å². The number of ether oxygens (including phenoxy) is 2. The van der Waals surface area contributed by atoms with Crippen LogP contribution in [-0.4, -0.2) is 28.1 Å². The zero-order chi connectivity index (χ0) is 24.4. The van der Waals surface area contributed by atoms with Crippen LogP contribution in [0.25, 0.3) is 0 Å². The summed E-state index contributed by atoms with van der Waals surface area (Å²) in [6.45, 7) is 12.0. The van der Waals surface area contributed by atoms with E-state index in [2.05, 4.69) is 88.0 Å². The SMILES string of the molecule is C=CC[C@H](CCO[Si](c1ccccc1)(c1ccccc1)C(C)(C)C)OCc1ccc(OC)cc1. The monoisotopic (exact) mass is 474 g/mol. The van der Waals surface area contributed by atoms with E-state index in [1.54, 1.807) is 7.11 Å². The first-order valence-corrected chi connectivity index (χ1v) is 13.9. The van der Waals surface area contributed by atoms with E-state index >= 15 is 0 Å². The quantitative estimate of drug-likeness (QED) is 0.234. The highest BCUT2D eigenvalue weighted by Gasteiger charge is 2.50. The van der Waals surface area contributed by atoms with Crippen LogP contribution < -0.4 is 15.1 Å². The standard InChI is InChI=1S/C30H38O3Si/c1-6-13-27(32-24-25-18-20-26(31-5)21-19-25)22-23-33-34(30(2,3)4,28-14-9-7-10-15-28)29-16-11-8-12-17-29/h6-12,14-21,27H,1,13,22-24H2,2-5H3/t27-/m1/s1. The second-order valence-electron chi connectivity index (χ2n) is 9.61. The van der Waals surface area contributed by atoms with Gasteiger partial charge in [0, 0.05) is 6.61 Å². The molecule has 3 aromatic carbocycles. The van der Waals surface area contributed by atoms with Crippen LogP contribution in [0.3, 0.4) is 0 Å². The molecular weight excluding hydrogens is 436 g/mol. The molecule has 0 N–H and O–H groups in total. The van der Waals surface area contributed by atoms with Crippen LogP contribution in [-0.2, 0) is 15.8 Å². The molecule has 0 bridgehead atoms. The molecule has 0 aromatic heterocycles. The summed E-state index contributed by atoms with van der Waals surface area (Å²) in [5.41, 5.74) is 1.13. The molecule has 0 unspecified atom stereocenters. The summed E-state index contributed by atoms with van der Waals surface area (Å²) >= 11 is 0. The number of methoxy groups -OCH3 is 1. The Morgan fingerprint density at radius 3 is 1.88 bits per heavy atom. The second kappa shape index (κ2) is 12.2. The average molecular weight is 475 g/mol. The van der Waals surface area contributed by atoms with Gasteiger partial charge >= 0.3 is 0 Å². The minimum Gasteiger partial charge on any atom is -0.497 e. The first-order chi connectivity index (χ1) is 16.4.